The third kappa shape index (κ3) is 2.71. The van der Waals surface area contributed by atoms with Crippen molar-refractivity contribution in [2.24, 2.45) is 0 Å². The molecule has 1 amide bonds. The molecule has 12 heteroatoms. The SMILES string of the molecule is CCC1Oc2nc(Cl)c(F)c3nc([S+](C)[O-])nc(c23)N2CC3CCC(C12)N3C(=O)O. The lowest BCUT2D eigenvalue weighted by Gasteiger charge is -2.47. The van der Waals surface area contributed by atoms with Crippen LogP contribution in [0.25, 0.3) is 10.9 Å². The maximum Gasteiger partial charge on any atom is 0.407 e. The lowest BCUT2D eigenvalue weighted by molar-refractivity contribution is 0.0636. The minimum Gasteiger partial charge on any atom is -0.609 e. The minimum absolute atomic E-state index is 0.0219. The summed E-state index contributed by atoms with van der Waals surface area (Å²) in [6.07, 6.45) is 2.02. The van der Waals surface area contributed by atoms with Gasteiger partial charge in [0.25, 0.3) is 0 Å². The molecule has 0 radical (unpaired) electrons. The Morgan fingerprint density at radius 2 is 2.17 bits per heavy atom. The largest absolute Gasteiger partial charge is 0.609 e. The van der Waals surface area contributed by atoms with Gasteiger partial charge in [0.15, 0.2) is 16.8 Å². The number of carboxylic acid groups (broad SMARTS) is 1. The van der Waals surface area contributed by atoms with Gasteiger partial charge >= 0.3 is 11.2 Å². The number of hydrogen-bond acceptors (Lipinski definition) is 7. The molecule has 2 saturated heterocycles. The molecule has 0 aliphatic carbocycles. The number of hydrogen-bond donors (Lipinski definition) is 1. The molecule has 0 spiro atoms. The Bertz CT molecular complexity index is 1060. The molecular formula is C18H19ClFN5O4S. The second-order valence-corrected chi connectivity index (χ2v) is 9.36. The summed E-state index contributed by atoms with van der Waals surface area (Å²) in [4.78, 5) is 28.1. The fraction of sp³-hybridized carbons (Fsp3) is 0.556. The van der Waals surface area contributed by atoms with Crippen LogP contribution < -0.4 is 9.64 Å². The molecule has 2 fully saturated rings. The van der Waals surface area contributed by atoms with Crippen LogP contribution in [0.2, 0.25) is 5.15 Å². The van der Waals surface area contributed by atoms with Gasteiger partial charge in [-0.25, -0.2) is 9.18 Å². The minimum atomic E-state index is -1.56. The Morgan fingerprint density at radius 1 is 1.40 bits per heavy atom. The molecule has 1 N–H and O–H groups in total. The molecule has 5 heterocycles. The van der Waals surface area contributed by atoms with Crippen LogP contribution in [0.5, 0.6) is 5.88 Å². The zero-order valence-electron chi connectivity index (χ0n) is 16.2. The summed E-state index contributed by atoms with van der Waals surface area (Å²) in [6.45, 7) is 2.31. The summed E-state index contributed by atoms with van der Waals surface area (Å²) < 4.78 is 33.3. The highest BCUT2D eigenvalue weighted by Crippen LogP contribution is 2.45. The number of rotatable bonds is 2. The van der Waals surface area contributed by atoms with E-state index in [9.17, 15) is 18.8 Å². The highest BCUT2D eigenvalue weighted by atomic mass is 35.5. The highest BCUT2D eigenvalue weighted by molar-refractivity contribution is 7.90. The van der Waals surface area contributed by atoms with Crippen molar-refractivity contribution in [3.05, 3.63) is 11.0 Å². The molecule has 30 heavy (non-hydrogen) atoms. The maximum atomic E-state index is 14.9. The molecule has 2 bridgehead atoms. The number of nitrogens with zero attached hydrogens (tertiary/aromatic N) is 5. The summed E-state index contributed by atoms with van der Waals surface area (Å²) in [5.41, 5.74) is -0.0938. The molecule has 5 atom stereocenters. The van der Waals surface area contributed by atoms with Gasteiger partial charge in [-0.2, -0.15) is 15.0 Å². The molecular weight excluding hydrogens is 437 g/mol. The average Bonchev–Trinajstić information content (AvgIpc) is 2.96. The van der Waals surface area contributed by atoms with Crippen molar-refractivity contribution in [1.82, 2.24) is 19.9 Å². The molecule has 5 unspecified atom stereocenters. The van der Waals surface area contributed by atoms with E-state index < -0.39 is 34.3 Å². The van der Waals surface area contributed by atoms with Gasteiger partial charge in [-0.15, -0.1) is 0 Å². The van der Waals surface area contributed by atoms with Crippen LogP contribution in [0.4, 0.5) is 15.0 Å². The first-order valence-corrected chi connectivity index (χ1v) is 11.6. The quantitative estimate of drug-likeness (QED) is 0.417. The van der Waals surface area contributed by atoms with Crippen LogP contribution in [0.15, 0.2) is 5.16 Å². The average molecular weight is 456 g/mol. The van der Waals surface area contributed by atoms with Gasteiger partial charge in [-0.1, -0.05) is 18.5 Å². The van der Waals surface area contributed by atoms with Gasteiger partial charge in [0, 0.05) is 17.7 Å². The summed E-state index contributed by atoms with van der Waals surface area (Å²) in [7, 11) is 0. The monoisotopic (exact) mass is 455 g/mol. The van der Waals surface area contributed by atoms with Gasteiger partial charge in [-0.05, 0) is 19.3 Å². The Morgan fingerprint density at radius 3 is 2.83 bits per heavy atom. The number of halogens is 2. The lowest BCUT2D eigenvalue weighted by Crippen LogP contribution is -2.65. The van der Waals surface area contributed by atoms with Gasteiger partial charge in [0.1, 0.15) is 23.3 Å². The van der Waals surface area contributed by atoms with Crippen molar-refractivity contribution in [1.29, 1.82) is 0 Å². The topological polar surface area (TPSA) is 115 Å². The van der Waals surface area contributed by atoms with E-state index in [1.54, 1.807) is 0 Å². The fourth-order valence-corrected chi connectivity index (χ4v) is 5.59. The van der Waals surface area contributed by atoms with Crippen LogP contribution in [0.3, 0.4) is 0 Å². The first-order chi connectivity index (χ1) is 14.3. The molecule has 0 saturated carbocycles. The first-order valence-electron chi connectivity index (χ1n) is 9.66. The van der Waals surface area contributed by atoms with E-state index in [1.165, 1.54) is 11.2 Å². The van der Waals surface area contributed by atoms with Crippen LogP contribution in [0.1, 0.15) is 26.2 Å². The molecule has 3 aliphatic heterocycles. The fourth-order valence-electron chi connectivity index (χ4n) is 4.99. The van der Waals surface area contributed by atoms with Crippen molar-refractivity contribution in [3.8, 4) is 5.88 Å². The smallest absolute Gasteiger partial charge is 0.407 e. The van der Waals surface area contributed by atoms with E-state index in [4.69, 9.17) is 16.3 Å². The standard InChI is InChI=1S/C18H19ClFN5O4S/c1-3-9-13-8-5-4-7(25(8)18(26)27)6-24(13)15-10-12(21-17(23-15)30(2)28)11(20)14(19)22-16(10)29-9/h7-9,13H,3-6H2,1-2H3,(H,26,27). The van der Waals surface area contributed by atoms with Crippen molar-refractivity contribution in [2.45, 2.75) is 55.6 Å². The second-order valence-electron chi connectivity index (χ2n) is 7.73. The van der Waals surface area contributed by atoms with Gasteiger partial charge < -0.3 is 19.3 Å². The number of ether oxygens (including phenoxy) is 1. The second kappa shape index (κ2) is 6.96. The van der Waals surface area contributed by atoms with Crippen LogP contribution >= 0.6 is 11.6 Å². The zero-order valence-corrected chi connectivity index (χ0v) is 17.8. The third-order valence-corrected chi connectivity index (χ3v) is 7.12. The third-order valence-electron chi connectivity index (χ3n) is 6.18. The summed E-state index contributed by atoms with van der Waals surface area (Å²) in [5.74, 6) is -0.349. The molecule has 0 aromatic carbocycles. The van der Waals surface area contributed by atoms with Crippen LogP contribution in [-0.4, -0.2) is 72.6 Å². The molecule has 5 rings (SSSR count). The van der Waals surface area contributed by atoms with Gasteiger partial charge in [-0.3, -0.25) is 4.90 Å². The van der Waals surface area contributed by atoms with Gasteiger partial charge in [0.05, 0.1) is 18.1 Å². The Kier molecular flexibility index (Phi) is 4.60. The normalized spacial score (nSPS) is 28.2. The predicted octanol–water partition coefficient (Wildman–Crippen LogP) is 2.43. The maximum absolute atomic E-state index is 14.9. The first kappa shape index (κ1) is 19.8. The summed E-state index contributed by atoms with van der Waals surface area (Å²) >= 11 is 4.44. The molecule has 9 nitrogen and oxygen atoms in total. The van der Waals surface area contributed by atoms with Crippen molar-refractivity contribution >= 4 is 45.6 Å². The van der Waals surface area contributed by atoms with Gasteiger partial charge in [0.2, 0.25) is 5.88 Å². The Labute approximate surface area is 179 Å². The summed E-state index contributed by atoms with van der Waals surface area (Å²) in [5, 5.41) is 9.64. The number of aromatic nitrogens is 3. The Balaban J connectivity index is 1.78. The number of piperazine rings is 1. The number of carbonyl (C=O) groups is 1. The molecule has 2 aromatic heterocycles. The van der Waals surface area contributed by atoms with Crippen LogP contribution in [-0.2, 0) is 11.2 Å². The Hall–Kier alpha value is -2.11. The van der Waals surface area contributed by atoms with E-state index in [0.29, 0.717) is 25.2 Å². The predicted molar refractivity (Wildman–Crippen MR) is 107 cm³/mol. The number of anilines is 1. The zero-order chi connectivity index (χ0) is 21.3. The van der Waals surface area contributed by atoms with Crippen LogP contribution in [0, 0.1) is 5.82 Å². The van der Waals surface area contributed by atoms with E-state index in [0.717, 1.165) is 6.42 Å². The van der Waals surface area contributed by atoms with E-state index in [2.05, 4.69) is 15.0 Å². The van der Waals surface area contributed by atoms with Crippen molar-refractivity contribution < 1.29 is 23.6 Å². The lowest BCUT2D eigenvalue weighted by atomic mass is 9.95. The number of amides is 1. The molecule has 2 aromatic rings. The number of fused-ring (bicyclic) bond motifs is 5. The van der Waals surface area contributed by atoms with E-state index >= 15 is 0 Å². The van der Waals surface area contributed by atoms with E-state index in [1.807, 2.05) is 11.8 Å². The molecule has 160 valence electrons. The summed E-state index contributed by atoms with van der Waals surface area (Å²) in [6, 6.07) is -0.868. The number of pyridine rings is 1. The van der Waals surface area contributed by atoms with Crippen molar-refractivity contribution in [3.63, 3.8) is 0 Å². The van der Waals surface area contributed by atoms with Crippen molar-refractivity contribution in [2.75, 3.05) is 17.7 Å². The molecule has 3 aliphatic rings. The highest BCUT2D eigenvalue weighted by Gasteiger charge is 2.53. The van der Waals surface area contributed by atoms with E-state index in [-0.39, 0.29) is 40.1 Å².